The zero-order valence-corrected chi connectivity index (χ0v) is 16.4. The van der Waals surface area contributed by atoms with E-state index in [0.29, 0.717) is 37.6 Å². The lowest BCUT2D eigenvalue weighted by molar-refractivity contribution is 0.111. The third-order valence-electron chi connectivity index (χ3n) is 4.84. The van der Waals surface area contributed by atoms with Crippen molar-refractivity contribution in [3.63, 3.8) is 0 Å². The van der Waals surface area contributed by atoms with Crippen molar-refractivity contribution < 1.29 is 19.0 Å². The van der Waals surface area contributed by atoms with E-state index in [0.717, 1.165) is 24.2 Å². The Morgan fingerprint density at radius 1 is 1.14 bits per heavy atom. The SMILES string of the molecule is COc1cccc(CCNC(=O)N2CCC(Oc3ccncc3)CC2)c1OC. The molecule has 1 fully saturated rings. The van der Waals surface area contributed by atoms with Gasteiger partial charge in [0, 0.05) is 44.9 Å². The second kappa shape index (κ2) is 9.82. The van der Waals surface area contributed by atoms with E-state index >= 15 is 0 Å². The first kappa shape index (κ1) is 19.8. The third-order valence-corrected chi connectivity index (χ3v) is 4.84. The van der Waals surface area contributed by atoms with Gasteiger partial charge in [0.25, 0.3) is 0 Å². The molecule has 0 aliphatic carbocycles. The van der Waals surface area contributed by atoms with Crippen molar-refractivity contribution in [1.82, 2.24) is 15.2 Å². The van der Waals surface area contributed by atoms with Crippen LogP contribution in [0.15, 0.2) is 42.7 Å². The summed E-state index contributed by atoms with van der Waals surface area (Å²) in [6.45, 7) is 1.91. The van der Waals surface area contributed by atoms with Crippen LogP contribution in [-0.4, -0.2) is 55.9 Å². The lowest BCUT2D eigenvalue weighted by Crippen LogP contribution is -2.46. The second-order valence-corrected chi connectivity index (χ2v) is 6.62. The summed E-state index contributed by atoms with van der Waals surface area (Å²) in [7, 11) is 3.24. The average Bonchev–Trinajstić information content (AvgIpc) is 2.74. The molecule has 0 atom stereocenters. The number of pyridine rings is 1. The molecule has 1 aromatic carbocycles. The quantitative estimate of drug-likeness (QED) is 0.793. The number of urea groups is 1. The van der Waals surface area contributed by atoms with Crippen LogP contribution in [0.1, 0.15) is 18.4 Å². The first-order chi connectivity index (χ1) is 13.7. The summed E-state index contributed by atoms with van der Waals surface area (Å²) in [6, 6.07) is 9.43. The molecule has 2 heterocycles. The zero-order valence-electron chi connectivity index (χ0n) is 16.4. The summed E-state index contributed by atoms with van der Waals surface area (Å²) < 4.78 is 16.7. The number of para-hydroxylation sites is 1. The number of methoxy groups -OCH3 is 2. The molecule has 7 heteroatoms. The number of carbonyl (C=O) groups excluding carboxylic acids is 1. The Balaban J connectivity index is 1.43. The number of carbonyl (C=O) groups is 1. The number of nitrogens with one attached hydrogen (secondary N) is 1. The smallest absolute Gasteiger partial charge is 0.317 e. The van der Waals surface area contributed by atoms with E-state index in [-0.39, 0.29) is 12.1 Å². The number of amides is 2. The molecule has 0 radical (unpaired) electrons. The van der Waals surface area contributed by atoms with Crippen LogP contribution in [0.3, 0.4) is 0 Å². The summed E-state index contributed by atoms with van der Waals surface area (Å²) in [5, 5.41) is 3.00. The molecule has 0 spiro atoms. The van der Waals surface area contributed by atoms with Gasteiger partial charge in [-0.15, -0.1) is 0 Å². The maximum atomic E-state index is 12.4. The highest BCUT2D eigenvalue weighted by Gasteiger charge is 2.23. The number of ether oxygens (including phenoxy) is 3. The molecule has 7 nitrogen and oxygen atoms in total. The normalized spacial score (nSPS) is 14.4. The largest absolute Gasteiger partial charge is 0.493 e. The fraction of sp³-hybridized carbons (Fsp3) is 0.429. The van der Waals surface area contributed by atoms with Crippen molar-refractivity contribution in [3.8, 4) is 17.2 Å². The van der Waals surface area contributed by atoms with Crippen LogP contribution in [0.5, 0.6) is 17.2 Å². The minimum Gasteiger partial charge on any atom is -0.493 e. The number of hydrogen-bond donors (Lipinski definition) is 1. The van der Waals surface area contributed by atoms with Gasteiger partial charge in [-0.3, -0.25) is 4.98 Å². The fourth-order valence-electron chi connectivity index (χ4n) is 3.35. The van der Waals surface area contributed by atoms with Gasteiger partial charge in [-0.1, -0.05) is 12.1 Å². The Kier molecular flexibility index (Phi) is 6.94. The van der Waals surface area contributed by atoms with Gasteiger partial charge in [-0.05, 0) is 30.2 Å². The zero-order chi connectivity index (χ0) is 19.8. The van der Waals surface area contributed by atoms with Gasteiger partial charge < -0.3 is 24.4 Å². The molecule has 2 amide bonds. The number of hydrogen-bond acceptors (Lipinski definition) is 5. The van der Waals surface area contributed by atoms with Gasteiger partial charge in [0.2, 0.25) is 0 Å². The highest BCUT2D eigenvalue weighted by atomic mass is 16.5. The molecule has 0 unspecified atom stereocenters. The highest BCUT2D eigenvalue weighted by Crippen LogP contribution is 2.30. The molecule has 1 saturated heterocycles. The van der Waals surface area contributed by atoms with Crippen molar-refractivity contribution >= 4 is 6.03 Å². The fourth-order valence-corrected chi connectivity index (χ4v) is 3.35. The third kappa shape index (κ3) is 5.06. The Labute approximate surface area is 165 Å². The summed E-state index contributed by atoms with van der Waals surface area (Å²) in [5.41, 5.74) is 1.01. The number of piperidine rings is 1. The van der Waals surface area contributed by atoms with Crippen LogP contribution in [0.4, 0.5) is 4.79 Å². The Morgan fingerprint density at radius 3 is 2.57 bits per heavy atom. The number of benzene rings is 1. The van der Waals surface area contributed by atoms with Gasteiger partial charge in [0.1, 0.15) is 11.9 Å². The van der Waals surface area contributed by atoms with E-state index in [1.54, 1.807) is 26.6 Å². The molecule has 1 aliphatic rings. The first-order valence-corrected chi connectivity index (χ1v) is 9.50. The summed E-state index contributed by atoms with van der Waals surface area (Å²) >= 11 is 0. The van der Waals surface area contributed by atoms with Crippen molar-refractivity contribution in [2.75, 3.05) is 33.9 Å². The predicted octanol–water partition coefficient (Wildman–Crippen LogP) is 2.89. The van der Waals surface area contributed by atoms with E-state index < -0.39 is 0 Å². The highest BCUT2D eigenvalue weighted by molar-refractivity contribution is 5.74. The Hall–Kier alpha value is -2.96. The van der Waals surface area contributed by atoms with E-state index in [9.17, 15) is 4.79 Å². The molecule has 1 aromatic heterocycles. The van der Waals surface area contributed by atoms with Gasteiger partial charge >= 0.3 is 6.03 Å². The van der Waals surface area contributed by atoms with Crippen molar-refractivity contribution in [1.29, 1.82) is 0 Å². The Morgan fingerprint density at radius 2 is 1.89 bits per heavy atom. The van der Waals surface area contributed by atoms with Crippen molar-refractivity contribution in [2.45, 2.75) is 25.4 Å². The second-order valence-electron chi connectivity index (χ2n) is 6.62. The van der Waals surface area contributed by atoms with Gasteiger partial charge in [0.15, 0.2) is 11.5 Å². The first-order valence-electron chi connectivity index (χ1n) is 9.50. The molecular weight excluding hydrogens is 358 g/mol. The maximum Gasteiger partial charge on any atom is 0.317 e. The van der Waals surface area contributed by atoms with Gasteiger partial charge in [-0.25, -0.2) is 4.79 Å². The molecule has 1 N–H and O–H groups in total. The maximum absolute atomic E-state index is 12.4. The summed E-state index contributed by atoms with van der Waals surface area (Å²) in [4.78, 5) is 18.3. The topological polar surface area (TPSA) is 72.9 Å². The van der Waals surface area contributed by atoms with Crippen LogP contribution in [0.25, 0.3) is 0 Å². The lowest BCUT2D eigenvalue weighted by atomic mass is 10.1. The van der Waals surface area contributed by atoms with E-state index in [1.165, 1.54) is 0 Å². The van der Waals surface area contributed by atoms with Crippen LogP contribution in [0.2, 0.25) is 0 Å². The van der Waals surface area contributed by atoms with Crippen LogP contribution < -0.4 is 19.5 Å². The van der Waals surface area contributed by atoms with Crippen LogP contribution >= 0.6 is 0 Å². The number of rotatable bonds is 7. The van der Waals surface area contributed by atoms with Crippen LogP contribution in [0, 0.1) is 0 Å². The predicted molar refractivity (Wildman–Crippen MR) is 106 cm³/mol. The van der Waals surface area contributed by atoms with Crippen molar-refractivity contribution in [2.24, 2.45) is 0 Å². The molecule has 2 aromatic rings. The van der Waals surface area contributed by atoms with Crippen LogP contribution in [-0.2, 0) is 6.42 Å². The van der Waals surface area contributed by atoms with Gasteiger partial charge in [0.05, 0.1) is 14.2 Å². The molecule has 0 bridgehead atoms. The van der Waals surface area contributed by atoms with E-state index in [2.05, 4.69) is 10.3 Å². The van der Waals surface area contributed by atoms with E-state index in [1.807, 2.05) is 35.2 Å². The molecule has 28 heavy (non-hydrogen) atoms. The molecule has 150 valence electrons. The summed E-state index contributed by atoms with van der Waals surface area (Å²) in [5.74, 6) is 2.24. The van der Waals surface area contributed by atoms with Gasteiger partial charge in [-0.2, -0.15) is 0 Å². The minimum absolute atomic E-state index is 0.0378. The standard InChI is InChI=1S/C21H27N3O4/c1-26-19-5-3-4-16(20(19)27-2)6-13-23-21(25)24-14-9-18(10-15-24)28-17-7-11-22-12-8-17/h3-5,7-8,11-12,18H,6,9-10,13-15H2,1-2H3,(H,23,25). The number of likely N-dealkylation sites (tertiary alicyclic amines) is 1. The molecular formula is C21H27N3O4. The van der Waals surface area contributed by atoms with Crippen molar-refractivity contribution in [3.05, 3.63) is 48.3 Å². The van der Waals surface area contributed by atoms with E-state index in [4.69, 9.17) is 14.2 Å². The average molecular weight is 385 g/mol. The Bertz CT molecular complexity index is 762. The number of nitrogens with zero attached hydrogens (tertiary/aromatic N) is 2. The molecule has 0 saturated carbocycles. The molecule has 3 rings (SSSR count). The lowest BCUT2D eigenvalue weighted by Gasteiger charge is -2.32. The minimum atomic E-state index is -0.0378. The molecule has 1 aliphatic heterocycles. The summed E-state index contributed by atoms with van der Waals surface area (Å²) in [6.07, 6.45) is 5.88. The number of aromatic nitrogens is 1. The monoisotopic (exact) mass is 385 g/mol.